The number of rotatable bonds is 0. The molecule has 0 aliphatic heterocycles. The number of aromatic nitrogens is 2. The van der Waals surface area contributed by atoms with E-state index >= 15 is 0 Å². The van der Waals surface area contributed by atoms with E-state index in [-0.39, 0.29) is 32.5 Å². The minimum absolute atomic E-state index is 0.00214. The number of nitriles is 1. The maximum absolute atomic E-state index is 13.5. The van der Waals surface area contributed by atoms with Crippen molar-refractivity contribution < 1.29 is 4.39 Å². The first-order valence-electron chi connectivity index (χ1n) is 4.05. The van der Waals surface area contributed by atoms with Gasteiger partial charge in [0.2, 0.25) is 0 Å². The van der Waals surface area contributed by atoms with Gasteiger partial charge in [0.25, 0.3) is 0 Å². The molecule has 4 nitrogen and oxygen atoms in total. The Bertz CT molecular complexity index is 636. The van der Waals surface area contributed by atoms with E-state index in [0.717, 1.165) is 0 Å². The summed E-state index contributed by atoms with van der Waals surface area (Å²) in [5, 5.41) is 8.52. The maximum Gasteiger partial charge on any atom is 0.186 e. The second kappa shape index (κ2) is 3.74. The molecule has 80 valence electrons. The average Bonchev–Trinajstić information content (AvgIpc) is 2.25. The van der Waals surface area contributed by atoms with Crippen LogP contribution in [0.25, 0.3) is 10.9 Å². The molecule has 0 aromatic carbocycles. The quantitative estimate of drug-likeness (QED) is 0.735. The first-order valence-corrected chi connectivity index (χ1v) is 4.80. The first kappa shape index (κ1) is 10.9. The molecule has 0 aliphatic rings. The zero-order valence-corrected chi connectivity index (χ0v) is 9.14. The standard InChI is InChI=1S/C9H3Cl2FN4/c10-8-3(1-13)6(14)4-2-15-9(11)5(12)7(4)16-8/h2H,(H2,14,16). The number of nitrogen functional groups attached to an aromatic ring is 1. The number of hydrogen-bond donors (Lipinski definition) is 1. The van der Waals surface area contributed by atoms with Crippen LogP contribution in [0.2, 0.25) is 10.3 Å². The summed E-state index contributed by atoms with van der Waals surface area (Å²) in [5.41, 5.74) is 5.60. The fourth-order valence-corrected chi connectivity index (χ4v) is 1.63. The Morgan fingerprint density at radius 2 is 2.06 bits per heavy atom. The molecule has 2 aromatic rings. The van der Waals surface area contributed by atoms with Crippen molar-refractivity contribution in [3.05, 3.63) is 27.9 Å². The summed E-state index contributed by atoms with van der Waals surface area (Å²) in [5.74, 6) is -0.808. The van der Waals surface area contributed by atoms with E-state index in [0.29, 0.717) is 0 Å². The van der Waals surface area contributed by atoms with Crippen molar-refractivity contribution in [2.24, 2.45) is 0 Å². The van der Waals surface area contributed by atoms with Crippen LogP contribution >= 0.6 is 23.2 Å². The van der Waals surface area contributed by atoms with E-state index in [1.165, 1.54) is 6.20 Å². The van der Waals surface area contributed by atoms with Crippen molar-refractivity contribution in [2.75, 3.05) is 5.73 Å². The Morgan fingerprint density at radius 3 is 2.69 bits per heavy atom. The summed E-state index contributed by atoms with van der Waals surface area (Å²) in [6.07, 6.45) is 1.25. The number of fused-ring (bicyclic) bond motifs is 1. The van der Waals surface area contributed by atoms with Gasteiger partial charge >= 0.3 is 0 Å². The smallest absolute Gasteiger partial charge is 0.186 e. The van der Waals surface area contributed by atoms with Gasteiger partial charge in [-0.15, -0.1) is 0 Å². The summed E-state index contributed by atoms with van der Waals surface area (Å²) in [6, 6.07) is 1.79. The molecule has 0 radical (unpaired) electrons. The Kier molecular flexibility index (Phi) is 2.54. The molecule has 0 bridgehead atoms. The third-order valence-corrected chi connectivity index (χ3v) is 2.58. The van der Waals surface area contributed by atoms with Crippen LogP contribution in [0.3, 0.4) is 0 Å². The number of pyridine rings is 2. The van der Waals surface area contributed by atoms with Gasteiger partial charge in [-0.25, -0.2) is 14.4 Å². The maximum atomic E-state index is 13.5. The minimum atomic E-state index is -0.808. The summed E-state index contributed by atoms with van der Waals surface area (Å²) >= 11 is 11.2. The Hall–Kier alpha value is -1.64. The van der Waals surface area contributed by atoms with Crippen molar-refractivity contribution >= 4 is 39.8 Å². The van der Waals surface area contributed by atoms with E-state index < -0.39 is 5.82 Å². The number of hydrogen-bond acceptors (Lipinski definition) is 4. The van der Waals surface area contributed by atoms with Gasteiger partial charge in [-0.1, -0.05) is 23.2 Å². The van der Waals surface area contributed by atoms with Gasteiger partial charge in [-0.2, -0.15) is 5.26 Å². The Labute approximate surface area is 99.4 Å². The third-order valence-electron chi connectivity index (χ3n) is 2.04. The summed E-state index contributed by atoms with van der Waals surface area (Å²) in [7, 11) is 0. The lowest BCUT2D eigenvalue weighted by atomic mass is 10.1. The topological polar surface area (TPSA) is 75.6 Å². The van der Waals surface area contributed by atoms with Gasteiger partial charge in [0, 0.05) is 11.6 Å². The van der Waals surface area contributed by atoms with Crippen LogP contribution in [0.4, 0.5) is 10.1 Å². The molecular weight excluding hydrogens is 254 g/mol. The van der Waals surface area contributed by atoms with Gasteiger partial charge < -0.3 is 5.73 Å². The molecule has 0 atom stereocenters. The highest BCUT2D eigenvalue weighted by Gasteiger charge is 2.16. The molecule has 0 unspecified atom stereocenters. The predicted molar refractivity (Wildman–Crippen MR) is 58.6 cm³/mol. The molecule has 0 saturated heterocycles. The fourth-order valence-electron chi connectivity index (χ4n) is 1.27. The van der Waals surface area contributed by atoms with Gasteiger partial charge in [0.15, 0.2) is 11.0 Å². The lowest BCUT2D eigenvalue weighted by molar-refractivity contribution is 0.631. The molecule has 2 rings (SSSR count). The predicted octanol–water partition coefficient (Wildman–Crippen LogP) is 2.53. The van der Waals surface area contributed by atoms with Gasteiger partial charge in [-0.05, 0) is 0 Å². The molecule has 2 N–H and O–H groups in total. The highest BCUT2D eigenvalue weighted by Crippen LogP contribution is 2.30. The fraction of sp³-hybridized carbons (Fsp3) is 0. The largest absolute Gasteiger partial charge is 0.397 e. The first-order chi connectivity index (χ1) is 7.56. The van der Waals surface area contributed by atoms with E-state index in [4.69, 9.17) is 34.2 Å². The van der Waals surface area contributed by atoms with E-state index in [1.54, 1.807) is 6.07 Å². The van der Waals surface area contributed by atoms with Gasteiger partial charge in [-0.3, -0.25) is 0 Å². The molecule has 0 amide bonds. The number of anilines is 1. The SMILES string of the molecule is N#Cc1c(Cl)nc2c(F)c(Cl)ncc2c1N. The highest BCUT2D eigenvalue weighted by atomic mass is 35.5. The van der Waals surface area contributed by atoms with E-state index in [1.807, 2.05) is 0 Å². The van der Waals surface area contributed by atoms with E-state index in [2.05, 4.69) is 9.97 Å². The third kappa shape index (κ3) is 1.43. The molecule has 16 heavy (non-hydrogen) atoms. The van der Waals surface area contributed by atoms with Crippen LogP contribution in [0.15, 0.2) is 6.20 Å². The number of nitrogens with zero attached hydrogens (tertiary/aromatic N) is 3. The molecule has 0 fully saturated rings. The van der Waals surface area contributed by atoms with Crippen molar-refractivity contribution in [3.8, 4) is 6.07 Å². The van der Waals surface area contributed by atoms with Crippen LogP contribution < -0.4 is 5.73 Å². The number of nitrogens with two attached hydrogens (primary N) is 1. The summed E-state index contributed by atoms with van der Waals surface area (Å²) in [6.45, 7) is 0. The van der Waals surface area contributed by atoms with Crippen LogP contribution in [0.1, 0.15) is 5.56 Å². The molecule has 0 spiro atoms. The Balaban J connectivity index is 3.00. The van der Waals surface area contributed by atoms with Crippen LogP contribution in [-0.4, -0.2) is 9.97 Å². The average molecular weight is 257 g/mol. The highest BCUT2D eigenvalue weighted by molar-refractivity contribution is 6.32. The van der Waals surface area contributed by atoms with Gasteiger partial charge in [0.05, 0.1) is 5.69 Å². The Morgan fingerprint density at radius 1 is 1.38 bits per heavy atom. The minimum Gasteiger partial charge on any atom is -0.397 e. The van der Waals surface area contributed by atoms with Crippen LogP contribution in [-0.2, 0) is 0 Å². The molecule has 0 saturated carbocycles. The van der Waals surface area contributed by atoms with Crippen LogP contribution in [0, 0.1) is 17.1 Å². The monoisotopic (exact) mass is 256 g/mol. The lowest BCUT2D eigenvalue weighted by Gasteiger charge is -2.06. The second-order valence-electron chi connectivity index (χ2n) is 2.93. The van der Waals surface area contributed by atoms with E-state index in [9.17, 15) is 4.39 Å². The van der Waals surface area contributed by atoms with Gasteiger partial charge in [0.1, 0.15) is 22.3 Å². The molecule has 7 heteroatoms. The van der Waals surface area contributed by atoms with Crippen LogP contribution in [0.5, 0.6) is 0 Å². The van der Waals surface area contributed by atoms with Crippen molar-refractivity contribution in [3.63, 3.8) is 0 Å². The normalized spacial score (nSPS) is 10.4. The molecule has 2 aromatic heterocycles. The molecular formula is C9H3Cl2FN4. The van der Waals surface area contributed by atoms with Crippen molar-refractivity contribution in [2.45, 2.75) is 0 Å². The molecule has 2 heterocycles. The summed E-state index contributed by atoms with van der Waals surface area (Å²) in [4.78, 5) is 7.32. The van der Waals surface area contributed by atoms with Crippen molar-refractivity contribution in [1.82, 2.24) is 9.97 Å². The van der Waals surface area contributed by atoms with Crippen molar-refractivity contribution in [1.29, 1.82) is 5.26 Å². The number of halogens is 3. The molecule has 0 aliphatic carbocycles. The lowest BCUT2D eigenvalue weighted by Crippen LogP contribution is -1.99. The zero-order valence-electron chi connectivity index (χ0n) is 7.63. The zero-order chi connectivity index (χ0) is 11.9. The second-order valence-corrected chi connectivity index (χ2v) is 3.64. The summed E-state index contributed by atoms with van der Waals surface area (Å²) < 4.78 is 13.5.